The molecule has 0 radical (unpaired) electrons. The van der Waals surface area contributed by atoms with Gasteiger partial charge in [0.15, 0.2) is 0 Å². The van der Waals surface area contributed by atoms with Gasteiger partial charge < -0.3 is 4.90 Å². The zero-order valence-electron chi connectivity index (χ0n) is 14.7. The van der Waals surface area contributed by atoms with E-state index in [9.17, 15) is 0 Å². The molecule has 0 saturated carbocycles. The molecule has 6 heteroatoms. The molecule has 0 amide bonds. The van der Waals surface area contributed by atoms with Gasteiger partial charge in [0.2, 0.25) is 5.82 Å². The van der Waals surface area contributed by atoms with Crippen molar-refractivity contribution in [2.45, 2.75) is 4.90 Å². The highest BCUT2D eigenvalue weighted by Crippen LogP contribution is 2.46. The predicted molar refractivity (Wildman–Crippen MR) is 110 cm³/mol. The van der Waals surface area contributed by atoms with Gasteiger partial charge in [-0.1, -0.05) is 60.3 Å². The predicted octanol–water partition coefficient (Wildman–Crippen LogP) is 6.92. The third-order valence-electron chi connectivity index (χ3n) is 3.96. The molecule has 0 fully saturated rings. The highest BCUT2D eigenvalue weighted by atomic mass is 32.2. The van der Waals surface area contributed by atoms with Crippen LogP contribution in [0, 0.1) is 0 Å². The molecule has 0 N–H and O–H groups in total. The number of anilines is 1. The van der Waals surface area contributed by atoms with Crippen molar-refractivity contribution in [3.63, 3.8) is 0 Å². The van der Waals surface area contributed by atoms with Crippen LogP contribution in [0.1, 0.15) is 0 Å². The second-order valence-electron chi connectivity index (χ2n) is 5.83. The van der Waals surface area contributed by atoms with Crippen LogP contribution < -0.4 is 4.90 Å². The molecule has 27 heavy (non-hydrogen) atoms. The minimum atomic E-state index is 0.478. The van der Waals surface area contributed by atoms with Crippen molar-refractivity contribution in [2.75, 3.05) is 11.9 Å². The summed E-state index contributed by atoms with van der Waals surface area (Å²) in [5.74, 6) is 0.478. The Hall–Kier alpha value is -3.25. The number of fused-ring (bicyclic) bond motifs is 1. The van der Waals surface area contributed by atoms with E-state index in [4.69, 9.17) is 0 Å². The average Bonchev–Trinajstić information content (AvgIpc) is 3.06. The van der Waals surface area contributed by atoms with Crippen LogP contribution in [0.15, 0.2) is 121 Å². The number of hydrogen-bond acceptors (Lipinski definition) is 6. The fourth-order valence-corrected chi connectivity index (χ4v) is 3.68. The zero-order chi connectivity index (χ0) is 18.5. The lowest BCUT2D eigenvalue weighted by Crippen LogP contribution is -2.10. The zero-order valence-corrected chi connectivity index (χ0v) is 15.5. The third-order valence-corrected chi connectivity index (χ3v) is 5.18. The van der Waals surface area contributed by atoms with Gasteiger partial charge in [-0.3, -0.25) is 0 Å². The number of rotatable bonds is 4. The summed E-state index contributed by atoms with van der Waals surface area (Å²) < 4.78 is 0. The van der Waals surface area contributed by atoms with Gasteiger partial charge in [0.1, 0.15) is 5.03 Å². The van der Waals surface area contributed by atoms with Gasteiger partial charge in [-0.05, 0) is 36.4 Å². The highest BCUT2D eigenvalue weighted by molar-refractivity contribution is 8.03. The largest absolute Gasteiger partial charge is 0.335 e. The fraction of sp³-hybridized carbons (Fsp3) is 0.0476. The van der Waals surface area contributed by atoms with Gasteiger partial charge in [-0.15, -0.1) is 20.5 Å². The first-order valence-electron chi connectivity index (χ1n) is 8.50. The number of nitrogens with zero attached hydrogens (tertiary/aromatic N) is 5. The van der Waals surface area contributed by atoms with Crippen molar-refractivity contribution in [1.29, 1.82) is 0 Å². The standard InChI is InChI=1S/C21H17N5S/c1-26-18-14-8-9-15-19(18)27-21(26)20(24-22-16-10-4-2-5-11-16)25-23-17-12-6-3-7-13-17/h2-15H,1H3. The fourth-order valence-electron chi connectivity index (χ4n) is 2.60. The Kier molecular flexibility index (Phi) is 5.07. The molecule has 3 aromatic carbocycles. The lowest BCUT2D eigenvalue weighted by atomic mass is 10.3. The van der Waals surface area contributed by atoms with Gasteiger partial charge in [0.25, 0.3) is 0 Å². The van der Waals surface area contributed by atoms with Crippen LogP contribution in [0.5, 0.6) is 0 Å². The smallest absolute Gasteiger partial charge is 0.226 e. The van der Waals surface area contributed by atoms with Crippen molar-refractivity contribution in [3.05, 3.63) is 95.8 Å². The normalized spacial score (nSPS) is 13.5. The van der Waals surface area contributed by atoms with Crippen molar-refractivity contribution in [3.8, 4) is 0 Å². The Morgan fingerprint density at radius 2 is 1.22 bits per heavy atom. The van der Waals surface area contributed by atoms with Crippen molar-refractivity contribution >= 4 is 28.8 Å². The van der Waals surface area contributed by atoms with E-state index in [0.29, 0.717) is 5.82 Å². The number of benzene rings is 3. The molecule has 0 atom stereocenters. The molecule has 0 bridgehead atoms. The molecule has 1 aliphatic heterocycles. The van der Waals surface area contributed by atoms with E-state index in [1.54, 1.807) is 11.8 Å². The summed E-state index contributed by atoms with van der Waals surface area (Å²) in [7, 11) is 2.00. The maximum absolute atomic E-state index is 4.41. The Bertz CT molecular complexity index is 962. The molecule has 5 nitrogen and oxygen atoms in total. The SMILES string of the molecule is CN1C(=C(N=Nc2ccccc2)N=Nc2ccccc2)Sc2ccccc21. The lowest BCUT2D eigenvalue weighted by Gasteiger charge is -2.13. The monoisotopic (exact) mass is 371 g/mol. The topological polar surface area (TPSA) is 52.7 Å². The Morgan fingerprint density at radius 3 is 1.78 bits per heavy atom. The first-order chi connectivity index (χ1) is 13.3. The van der Waals surface area contributed by atoms with E-state index in [2.05, 4.69) is 37.5 Å². The van der Waals surface area contributed by atoms with Crippen LogP contribution in [0.25, 0.3) is 0 Å². The third kappa shape index (κ3) is 3.96. The summed E-state index contributed by atoms with van der Waals surface area (Å²) in [5, 5.41) is 18.4. The first-order valence-corrected chi connectivity index (χ1v) is 9.31. The van der Waals surface area contributed by atoms with E-state index in [1.165, 1.54) is 0 Å². The Labute approximate surface area is 162 Å². The molecule has 0 saturated heterocycles. The molecule has 0 aliphatic carbocycles. The summed E-state index contributed by atoms with van der Waals surface area (Å²) in [4.78, 5) is 3.24. The van der Waals surface area contributed by atoms with Crippen LogP contribution in [-0.2, 0) is 0 Å². The maximum Gasteiger partial charge on any atom is 0.226 e. The van der Waals surface area contributed by atoms with Crippen molar-refractivity contribution in [2.24, 2.45) is 20.5 Å². The first kappa shape index (κ1) is 17.2. The molecule has 0 unspecified atom stereocenters. The number of para-hydroxylation sites is 1. The minimum Gasteiger partial charge on any atom is -0.335 e. The van der Waals surface area contributed by atoms with Crippen LogP contribution >= 0.6 is 11.8 Å². The Morgan fingerprint density at radius 1 is 0.704 bits per heavy atom. The minimum absolute atomic E-state index is 0.478. The molecule has 0 spiro atoms. The van der Waals surface area contributed by atoms with Crippen LogP contribution in [0.4, 0.5) is 17.1 Å². The van der Waals surface area contributed by atoms with Crippen LogP contribution in [0.3, 0.4) is 0 Å². The number of thioether (sulfide) groups is 1. The van der Waals surface area contributed by atoms with Gasteiger partial charge in [-0.2, -0.15) is 0 Å². The highest BCUT2D eigenvalue weighted by Gasteiger charge is 2.25. The molecule has 1 aliphatic rings. The van der Waals surface area contributed by atoms with E-state index in [-0.39, 0.29) is 0 Å². The van der Waals surface area contributed by atoms with Gasteiger partial charge >= 0.3 is 0 Å². The summed E-state index contributed by atoms with van der Waals surface area (Å²) >= 11 is 1.62. The second-order valence-corrected chi connectivity index (χ2v) is 6.86. The van der Waals surface area contributed by atoms with Crippen molar-refractivity contribution in [1.82, 2.24) is 0 Å². The molecular weight excluding hydrogens is 354 g/mol. The molecule has 132 valence electrons. The summed E-state index contributed by atoms with van der Waals surface area (Å²) in [6.45, 7) is 0. The summed E-state index contributed by atoms with van der Waals surface area (Å²) in [6.07, 6.45) is 0. The second kappa shape index (κ2) is 7.97. The van der Waals surface area contributed by atoms with E-state index < -0.39 is 0 Å². The molecule has 4 rings (SSSR count). The Balaban J connectivity index is 1.72. The molecular formula is C21H17N5S. The van der Waals surface area contributed by atoms with Gasteiger partial charge in [0, 0.05) is 11.9 Å². The molecule has 1 heterocycles. The van der Waals surface area contributed by atoms with Crippen LogP contribution in [0.2, 0.25) is 0 Å². The van der Waals surface area contributed by atoms with E-state index in [0.717, 1.165) is 27.0 Å². The van der Waals surface area contributed by atoms with Gasteiger partial charge in [-0.25, -0.2) is 0 Å². The summed E-state index contributed by atoms with van der Waals surface area (Å²) in [5.41, 5.74) is 2.67. The maximum atomic E-state index is 4.41. The van der Waals surface area contributed by atoms with E-state index in [1.807, 2.05) is 79.8 Å². The van der Waals surface area contributed by atoms with Crippen molar-refractivity contribution < 1.29 is 0 Å². The lowest BCUT2D eigenvalue weighted by molar-refractivity contribution is 0.992. The summed E-state index contributed by atoms with van der Waals surface area (Å²) in [6, 6.07) is 27.4. The number of hydrogen-bond donors (Lipinski definition) is 0. The molecule has 0 aromatic heterocycles. The van der Waals surface area contributed by atoms with Crippen LogP contribution in [-0.4, -0.2) is 7.05 Å². The molecule has 3 aromatic rings. The number of azo groups is 2. The van der Waals surface area contributed by atoms with E-state index >= 15 is 0 Å². The quantitative estimate of drug-likeness (QED) is 0.467. The average molecular weight is 371 g/mol. The van der Waals surface area contributed by atoms with Gasteiger partial charge in [0.05, 0.1) is 17.1 Å².